The second kappa shape index (κ2) is 8.12. The zero-order valence-electron chi connectivity index (χ0n) is 13.7. The number of rotatable bonds is 5. The van der Waals surface area contributed by atoms with E-state index in [0.29, 0.717) is 0 Å². The van der Waals surface area contributed by atoms with E-state index < -0.39 is 10.0 Å². The quantitative estimate of drug-likeness (QED) is 0.752. The maximum Gasteiger partial charge on any atom is 0.276 e. The first-order valence-electron chi connectivity index (χ1n) is 8.12. The molecular weight excluding hydrogens is 402 g/mol. The fraction of sp³-hybridized carbons (Fsp3) is 0.278. The Kier molecular flexibility index (Phi) is 5.88. The molecule has 25 heavy (non-hydrogen) atoms. The highest BCUT2D eigenvalue weighted by Crippen LogP contribution is 2.15. The normalized spacial score (nSPS) is 15.8. The molecule has 7 heteroatoms. The van der Waals surface area contributed by atoms with Crippen LogP contribution in [0.2, 0.25) is 0 Å². The molecule has 0 aliphatic carbocycles. The molecule has 0 radical (unpaired) electrons. The molecule has 1 aliphatic rings. The maximum atomic E-state index is 12.2. The van der Waals surface area contributed by atoms with Crippen LogP contribution >= 0.6 is 15.9 Å². The first kappa shape index (κ1) is 18.1. The average molecular weight is 422 g/mol. The highest BCUT2D eigenvalue weighted by atomic mass is 79.9. The van der Waals surface area contributed by atoms with Crippen LogP contribution in [0.5, 0.6) is 0 Å². The van der Waals surface area contributed by atoms with Gasteiger partial charge in [-0.3, -0.25) is 4.90 Å². The lowest BCUT2D eigenvalue weighted by Crippen LogP contribution is -2.34. The summed E-state index contributed by atoms with van der Waals surface area (Å²) in [7, 11) is -3.61. The fourth-order valence-electron chi connectivity index (χ4n) is 2.71. The van der Waals surface area contributed by atoms with Crippen LogP contribution in [0.25, 0.3) is 0 Å². The van der Waals surface area contributed by atoms with Gasteiger partial charge in [0.2, 0.25) is 0 Å². The molecule has 0 atom stereocenters. The summed E-state index contributed by atoms with van der Waals surface area (Å²) in [5.41, 5.74) is 2.18. The van der Waals surface area contributed by atoms with Crippen molar-refractivity contribution in [3.8, 4) is 0 Å². The van der Waals surface area contributed by atoms with E-state index in [4.69, 9.17) is 0 Å². The Morgan fingerprint density at radius 1 is 1.00 bits per heavy atom. The SMILES string of the molecule is O=S(=O)(NN=C1CCN(Cc2ccccc2)CC1)c1ccc(Br)cc1. The molecule has 2 aromatic carbocycles. The van der Waals surface area contributed by atoms with Crippen LogP contribution in [0.1, 0.15) is 18.4 Å². The lowest BCUT2D eigenvalue weighted by atomic mass is 10.1. The highest BCUT2D eigenvalue weighted by Gasteiger charge is 2.17. The molecule has 0 spiro atoms. The Morgan fingerprint density at radius 3 is 2.28 bits per heavy atom. The highest BCUT2D eigenvalue weighted by molar-refractivity contribution is 9.10. The number of nitrogens with zero attached hydrogens (tertiary/aromatic N) is 2. The van der Waals surface area contributed by atoms with Gasteiger partial charge in [0.15, 0.2) is 0 Å². The third-order valence-corrected chi connectivity index (χ3v) is 5.88. The van der Waals surface area contributed by atoms with Crippen molar-refractivity contribution in [2.24, 2.45) is 5.10 Å². The van der Waals surface area contributed by atoms with Crippen LogP contribution in [0.15, 0.2) is 69.1 Å². The molecule has 1 aliphatic heterocycles. The first-order chi connectivity index (χ1) is 12.0. The number of likely N-dealkylation sites (tertiary alicyclic amines) is 1. The van der Waals surface area contributed by atoms with Gasteiger partial charge in [-0.25, -0.2) is 4.83 Å². The number of sulfonamides is 1. The van der Waals surface area contributed by atoms with E-state index >= 15 is 0 Å². The van der Waals surface area contributed by atoms with Gasteiger partial charge in [-0.15, -0.1) is 0 Å². The van der Waals surface area contributed by atoms with E-state index in [0.717, 1.165) is 42.7 Å². The van der Waals surface area contributed by atoms with E-state index in [1.54, 1.807) is 24.3 Å². The predicted molar refractivity (Wildman–Crippen MR) is 103 cm³/mol. The molecule has 1 heterocycles. The molecule has 132 valence electrons. The number of hydrogen-bond donors (Lipinski definition) is 1. The minimum Gasteiger partial charge on any atom is -0.298 e. The molecule has 0 bridgehead atoms. The van der Waals surface area contributed by atoms with Crippen molar-refractivity contribution in [1.82, 2.24) is 9.73 Å². The summed E-state index contributed by atoms with van der Waals surface area (Å²) in [5, 5.41) is 4.14. The Balaban J connectivity index is 1.55. The maximum absolute atomic E-state index is 12.2. The number of halogens is 1. The van der Waals surface area contributed by atoms with Crippen LogP contribution in [-0.4, -0.2) is 32.1 Å². The molecule has 3 rings (SSSR count). The van der Waals surface area contributed by atoms with Gasteiger partial charge in [0.05, 0.1) is 4.90 Å². The smallest absolute Gasteiger partial charge is 0.276 e. The fourth-order valence-corrected chi connectivity index (χ4v) is 3.83. The van der Waals surface area contributed by atoms with E-state index in [2.05, 4.69) is 42.9 Å². The zero-order valence-corrected chi connectivity index (χ0v) is 16.1. The summed E-state index contributed by atoms with van der Waals surface area (Å²) in [4.78, 5) is 4.92. The topological polar surface area (TPSA) is 61.8 Å². The van der Waals surface area contributed by atoms with Crippen LogP contribution in [-0.2, 0) is 16.6 Å². The van der Waals surface area contributed by atoms with Gasteiger partial charge in [-0.2, -0.15) is 13.5 Å². The van der Waals surface area contributed by atoms with Gasteiger partial charge in [0.1, 0.15) is 0 Å². The summed E-state index contributed by atoms with van der Waals surface area (Å²) in [6, 6.07) is 16.8. The largest absolute Gasteiger partial charge is 0.298 e. The molecule has 0 saturated carbocycles. The monoisotopic (exact) mass is 421 g/mol. The molecule has 2 aromatic rings. The van der Waals surface area contributed by atoms with Gasteiger partial charge in [0, 0.05) is 42.7 Å². The van der Waals surface area contributed by atoms with Crippen molar-refractivity contribution >= 4 is 31.7 Å². The van der Waals surface area contributed by atoms with E-state index in [1.165, 1.54) is 5.56 Å². The third-order valence-electron chi connectivity index (χ3n) is 4.13. The van der Waals surface area contributed by atoms with Crippen molar-refractivity contribution < 1.29 is 8.42 Å². The van der Waals surface area contributed by atoms with E-state index in [9.17, 15) is 8.42 Å². The van der Waals surface area contributed by atoms with Gasteiger partial charge >= 0.3 is 0 Å². The van der Waals surface area contributed by atoms with Crippen LogP contribution in [0.4, 0.5) is 0 Å². The van der Waals surface area contributed by atoms with Gasteiger partial charge in [-0.05, 0) is 29.8 Å². The lowest BCUT2D eigenvalue weighted by molar-refractivity contribution is 0.266. The Bertz CT molecular complexity index is 826. The van der Waals surface area contributed by atoms with Crippen molar-refractivity contribution in [2.75, 3.05) is 13.1 Å². The first-order valence-corrected chi connectivity index (χ1v) is 10.4. The molecule has 0 unspecified atom stereocenters. The Hall–Kier alpha value is -1.70. The number of benzene rings is 2. The summed E-state index contributed by atoms with van der Waals surface area (Å²) in [6.45, 7) is 2.68. The van der Waals surface area contributed by atoms with Gasteiger partial charge in [0.25, 0.3) is 10.0 Å². The van der Waals surface area contributed by atoms with Crippen molar-refractivity contribution in [1.29, 1.82) is 0 Å². The molecule has 1 fully saturated rings. The second-order valence-corrected chi connectivity index (χ2v) is 8.56. The Labute approximate surface area is 156 Å². The number of hydrazone groups is 1. The molecular formula is C18H20BrN3O2S. The molecule has 0 aromatic heterocycles. The van der Waals surface area contributed by atoms with Crippen LogP contribution in [0.3, 0.4) is 0 Å². The summed E-state index contributed by atoms with van der Waals surface area (Å²) < 4.78 is 25.3. The number of hydrogen-bond acceptors (Lipinski definition) is 4. The standard InChI is InChI=1S/C18H20BrN3O2S/c19-16-6-8-18(9-7-16)25(23,24)21-20-17-10-12-22(13-11-17)14-15-4-2-1-3-5-15/h1-9,21H,10-14H2. The van der Waals surface area contributed by atoms with Gasteiger partial charge < -0.3 is 0 Å². The summed E-state index contributed by atoms with van der Waals surface area (Å²) in [5.74, 6) is 0. The van der Waals surface area contributed by atoms with E-state index in [1.807, 2.05) is 18.2 Å². The summed E-state index contributed by atoms with van der Waals surface area (Å²) >= 11 is 3.30. The molecule has 5 nitrogen and oxygen atoms in total. The minimum atomic E-state index is -3.61. The zero-order chi connectivity index (χ0) is 17.7. The van der Waals surface area contributed by atoms with Crippen LogP contribution in [0, 0.1) is 0 Å². The predicted octanol–water partition coefficient (Wildman–Crippen LogP) is 3.38. The minimum absolute atomic E-state index is 0.210. The van der Waals surface area contributed by atoms with Crippen molar-refractivity contribution in [2.45, 2.75) is 24.3 Å². The molecule has 0 amide bonds. The number of piperidine rings is 1. The van der Waals surface area contributed by atoms with Gasteiger partial charge in [-0.1, -0.05) is 46.3 Å². The summed E-state index contributed by atoms with van der Waals surface area (Å²) in [6.07, 6.45) is 1.55. The molecule has 1 saturated heterocycles. The van der Waals surface area contributed by atoms with Crippen molar-refractivity contribution in [3.05, 3.63) is 64.6 Å². The van der Waals surface area contributed by atoms with E-state index in [-0.39, 0.29) is 4.90 Å². The van der Waals surface area contributed by atoms with Crippen LogP contribution < -0.4 is 4.83 Å². The second-order valence-electron chi connectivity index (χ2n) is 5.99. The Morgan fingerprint density at radius 2 is 1.64 bits per heavy atom. The number of nitrogens with one attached hydrogen (secondary N) is 1. The average Bonchev–Trinajstić information content (AvgIpc) is 2.62. The molecule has 1 N–H and O–H groups in total. The van der Waals surface area contributed by atoms with Crippen molar-refractivity contribution in [3.63, 3.8) is 0 Å². The third kappa shape index (κ3) is 5.14. The lowest BCUT2D eigenvalue weighted by Gasteiger charge is -2.27.